The zero-order valence-corrected chi connectivity index (χ0v) is 16.8. The van der Waals surface area contributed by atoms with E-state index < -0.39 is 0 Å². The van der Waals surface area contributed by atoms with E-state index in [0.29, 0.717) is 28.1 Å². The average molecular weight is 399 g/mol. The standard InChI is InChI=1S/C24H21N3O3/c1-16-25-22-9-4-3-8-21(22)24(29)27(16)19-7-5-6-18(15-19)26-23(28)14-17-10-12-20(30-2)13-11-17/h3-13,15H,14H2,1-2H3,(H,26,28). The minimum atomic E-state index is -0.141. The highest BCUT2D eigenvalue weighted by Gasteiger charge is 2.11. The number of fused-ring (bicyclic) bond motifs is 1. The summed E-state index contributed by atoms with van der Waals surface area (Å²) in [7, 11) is 1.60. The minimum absolute atomic E-state index is 0.139. The Morgan fingerprint density at radius 3 is 2.57 bits per heavy atom. The Bertz CT molecular complexity index is 1280. The molecule has 30 heavy (non-hydrogen) atoms. The van der Waals surface area contributed by atoms with Gasteiger partial charge in [-0.15, -0.1) is 0 Å². The molecule has 1 heterocycles. The van der Waals surface area contributed by atoms with Gasteiger partial charge in [0, 0.05) is 5.69 Å². The van der Waals surface area contributed by atoms with Crippen molar-refractivity contribution in [3.05, 3.63) is 94.5 Å². The van der Waals surface area contributed by atoms with Crippen LogP contribution in [-0.4, -0.2) is 22.6 Å². The number of rotatable bonds is 5. The molecule has 0 aliphatic heterocycles. The highest BCUT2D eigenvalue weighted by molar-refractivity contribution is 5.92. The van der Waals surface area contributed by atoms with Gasteiger partial charge in [-0.25, -0.2) is 4.98 Å². The first kappa shape index (κ1) is 19.4. The molecule has 0 fully saturated rings. The van der Waals surface area contributed by atoms with E-state index in [9.17, 15) is 9.59 Å². The van der Waals surface area contributed by atoms with Crippen LogP contribution < -0.4 is 15.6 Å². The summed E-state index contributed by atoms with van der Waals surface area (Å²) >= 11 is 0. The summed E-state index contributed by atoms with van der Waals surface area (Å²) in [5.74, 6) is 1.19. The predicted octanol–water partition coefficient (Wildman–Crippen LogP) is 3.88. The molecule has 0 atom stereocenters. The number of methoxy groups -OCH3 is 1. The van der Waals surface area contributed by atoms with Crippen molar-refractivity contribution < 1.29 is 9.53 Å². The molecular weight excluding hydrogens is 378 g/mol. The van der Waals surface area contributed by atoms with Crippen LogP contribution in [0.1, 0.15) is 11.4 Å². The van der Waals surface area contributed by atoms with E-state index in [1.165, 1.54) is 0 Å². The number of hydrogen-bond acceptors (Lipinski definition) is 4. The monoisotopic (exact) mass is 399 g/mol. The number of ether oxygens (including phenoxy) is 1. The number of aryl methyl sites for hydroxylation is 1. The summed E-state index contributed by atoms with van der Waals surface area (Å²) in [6.45, 7) is 1.79. The summed E-state index contributed by atoms with van der Waals surface area (Å²) in [6, 6.07) is 21.8. The Morgan fingerprint density at radius 1 is 1.03 bits per heavy atom. The molecule has 4 rings (SSSR count). The molecule has 6 heteroatoms. The second-order valence-electron chi connectivity index (χ2n) is 6.94. The number of carbonyl (C=O) groups is 1. The zero-order valence-electron chi connectivity index (χ0n) is 16.8. The molecule has 1 aromatic heterocycles. The Balaban J connectivity index is 1.59. The Labute approximate surface area is 173 Å². The number of anilines is 1. The van der Waals surface area contributed by atoms with Gasteiger partial charge in [0.15, 0.2) is 0 Å². The number of nitrogens with one attached hydrogen (secondary N) is 1. The number of aromatic nitrogens is 2. The van der Waals surface area contributed by atoms with Crippen LogP contribution >= 0.6 is 0 Å². The number of hydrogen-bond donors (Lipinski definition) is 1. The Morgan fingerprint density at radius 2 is 1.80 bits per heavy atom. The fourth-order valence-electron chi connectivity index (χ4n) is 3.40. The van der Waals surface area contributed by atoms with Crippen LogP contribution in [0.4, 0.5) is 5.69 Å². The summed E-state index contributed by atoms with van der Waals surface area (Å²) in [5.41, 5.74) is 2.68. The SMILES string of the molecule is COc1ccc(CC(=O)Nc2cccc(-n3c(C)nc4ccccc4c3=O)c2)cc1. The summed E-state index contributed by atoms with van der Waals surface area (Å²) in [5, 5.41) is 3.45. The van der Waals surface area contributed by atoms with Gasteiger partial charge in [0.1, 0.15) is 11.6 Å². The average Bonchev–Trinajstić information content (AvgIpc) is 2.74. The maximum absolute atomic E-state index is 13.0. The third-order valence-electron chi connectivity index (χ3n) is 4.86. The number of carbonyl (C=O) groups excluding carboxylic acids is 1. The molecule has 0 saturated heterocycles. The number of amides is 1. The molecule has 3 aromatic carbocycles. The Kier molecular flexibility index (Phi) is 5.30. The maximum atomic E-state index is 13.0. The fourth-order valence-corrected chi connectivity index (χ4v) is 3.40. The van der Waals surface area contributed by atoms with E-state index in [1.54, 1.807) is 42.9 Å². The molecule has 6 nitrogen and oxygen atoms in total. The highest BCUT2D eigenvalue weighted by Crippen LogP contribution is 2.17. The molecule has 0 aliphatic carbocycles. The molecule has 4 aromatic rings. The molecule has 0 unspecified atom stereocenters. The van der Waals surface area contributed by atoms with E-state index in [-0.39, 0.29) is 17.9 Å². The topological polar surface area (TPSA) is 73.2 Å². The lowest BCUT2D eigenvalue weighted by Gasteiger charge is -2.13. The number of para-hydroxylation sites is 1. The van der Waals surface area contributed by atoms with Crippen molar-refractivity contribution in [2.45, 2.75) is 13.3 Å². The van der Waals surface area contributed by atoms with E-state index in [4.69, 9.17) is 4.74 Å². The molecule has 1 amide bonds. The van der Waals surface area contributed by atoms with E-state index in [0.717, 1.165) is 11.3 Å². The largest absolute Gasteiger partial charge is 0.497 e. The number of benzene rings is 3. The van der Waals surface area contributed by atoms with Gasteiger partial charge in [-0.05, 0) is 55.0 Å². The third kappa shape index (κ3) is 3.93. The smallest absolute Gasteiger partial charge is 0.265 e. The second-order valence-corrected chi connectivity index (χ2v) is 6.94. The van der Waals surface area contributed by atoms with Crippen molar-refractivity contribution >= 4 is 22.5 Å². The van der Waals surface area contributed by atoms with Crippen LogP contribution in [0.15, 0.2) is 77.6 Å². The molecule has 0 bridgehead atoms. The van der Waals surface area contributed by atoms with Gasteiger partial charge < -0.3 is 10.1 Å². The summed E-state index contributed by atoms with van der Waals surface area (Å²) < 4.78 is 6.69. The van der Waals surface area contributed by atoms with E-state index in [2.05, 4.69) is 10.3 Å². The lowest BCUT2D eigenvalue weighted by Crippen LogP contribution is -2.22. The molecular formula is C24H21N3O3. The minimum Gasteiger partial charge on any atom is -0.497 e. The van der Waals surface area contributed by atoms with Crippen LogP contribution in [-0.2, 0) is 11.2 Å². The van der Waals surface area contributed by atoms with Crippen molar-refractivity contribution in [1.82, 2.24) is 9.55 Å². The van der Waals surface area contributed by atoms with Gasteiger partial charge in [0.2, 0.25) is 5.91 Å². The summed E-state index contributed by atoms with van der Waals surface area (Å²) in [6.07, 6.45) is 0.241. The van der Waals surface area contributed by atoms with Gasteiger partial charge in [0.05, 0.1) is 30.1 Å². The van der Waals surface area contributed by atoms with Crippen molar-refractivity contribution in [3.63, 3.8) is 0 Å². The van der Waals surface area contributed by atoms with Crippen LogP contribution in [0.25, 0.3) is 16.6 Å². The molecule has 0 radical (unpaired) electrons. The molecule has 0 spiro atoms. The van der Waals surface area contributed by atoms with Crippen molar-refractivity contribution in [3.8, 4) is 11.4 Å². The second kappa shape index (κ2) is 8.21. The third-order valence-corrected chi connectivity index (χ3v) is 4.86. The lowest BCUT2D eigenvalue weighted by atomic mass is 10.1. The van der Waals surface area contributed by atoms with Crippen LogP contribution in [0.5, 0.6) is 5.75 Å². The fraction of sp³-hybridized carbons (Fsp3) is 0.125. The predicted molar refractivity (Wildman–Crippen MR) is 117 cm³/mol. The first-order chi connectivity index (χ1) is 14.5. The van der Waals surface area contributed by atoms with Gasteiger partial charge >= 0.3 is 0 Å². The summed E-state index contributed by atoms with van der Waals surface area (Å²) in [4.78, 5) is 30.0. The van der Waals surface area contributed by atoms with Gasteiger partial charge in [-0.2, -0.15) is 0 Å². The van der Waals surface area contributed by atoms with Gasteiger partial charge in [-0.1, -0.05) is 30.3 Å². The number of nitrogens with zero attached hydrogens (tertiary/aromatic N) is 2. The molecule has 0 aliphatic rings. The zero-order chi connectivity index (χ0) is 21.1. The normalized spacial score (nSPS) is 10.7. The lowest BCUT2D eigenvalue weighted by molar-refractivity contribution is -0.115. The van der Waals surface area contributed by atoms with Crippen molar-refractivity contribution in [2.75, 3.05) is 12.4 Å². The highest BCUT2D eigenvalue weighted by atomic mass is 16.5. The van der Waals surface area contributed by atoms with Crippen LogP contribution in [0.2, 0.25) is 0 Å². The van der Waals surface area contributed by atoms with E-state index in [1.807, 2.05) is 48.5 Å². The van der Waals surface area contributed by atoms with Gasteiger partial charge in [-0.3, -0.25) is 14.2 Å². The van der Waals surface area contributed by atoms with Crippen LogP contribution in [0.3, 0.4) is 0 Å². The van der Waals surface area contributed by atoms with Crippen molar-refractivity contribution in [1.29, 1.82) is 0 Å². The molecule has 150 valence electrons. The maximum Gasteiger partial charge on any atom is 0.265 e. The van der Waals surface area contributed by atoms with Crippen LogP contribution in [0, 0.1) is 6.92 Å². The Hall–Kier alpha value is -3.93. The van der Waals surface area contributed by atoms with Crippen molar-refractivity contribution in [2.24, 2.45) is 0 Å². The van der Waals surface area contributed by atoms with Gasteiger partial charge in [0.25, 0.3) is 5.56 Å². The molecule has 0 saturated carbocycles. The molecule has 1 N–H and O–H groups in total. The van der Waals surface area contributed by atoms with E-state index >= 15 is 0 Å². The first-order valence-corrected chi connectivity index (χ1v) is 9.57. The first-order valence-electron chi connectivity index (χ1n) is 9.57. The quantitative estimate of drug-likeness (QED) is 0.553.